The first kappa shape index (κ1) is 22.1. The summed E-state index contributed by atoms with van der Waals surface area (Å²) in [7, 11) is 0. The van der Waals surface area contributed by atoms with Crippen LogP contribution in [0.25, 0.3) is 10.9 Å². The monoisotopic (exact) mass is 440 g/mol. The minimum Gasteiger partial charge on any atom is -0.343 e. The van der Waals surface area contributed by atoms with Crippen LogP contribution < -0.4 is 16.1 Å². The molecule has 1 heterocycles. The molecule has 2 amide bonds. The molecule has 4 aromatic rings. The molecule has 3 aromatic carbocycles. The van der Waals surface area contributed by atoms with Crippen molar-refractivity contribution in [3.63, 3.8) is 0 Å². The summed E-state index contributed by atoms with van der Waals surface area (Å²) in [5.74, 6) is -1.00. The van der Waals surface area contributed by atoms with Crippen molar-refractivity contribution in [2.45, 2.75) is 12.1 Å². The summed E-state index contributed by atoms with van der Waals surface area (Å²) in [6.45, 7) is -0.259. The maximum absolute atomic E-state index is 13.5. The maximum Gasteiger partial charge on any atom is 0.257 e. The van der Waals surface area contributed by atoms with Gasteiger partial charge in [0.05, 0.1) is 23.8 Å². The Morgan fingerprint density at radius 3 is 2.03 bits per heavy atom. The Balaban J connectivity index is 1.67. The number of nitrogens with one attached hydrogen (secondary N) is 3. The minimum atomic E-state index is -0.915. The number of carbonyl (C=O) groups excluding carboxylic acids is 2. The van der Waals surface area contributed by atoms with Gasteiger partial charge in [0.1, 0.15) is 6.04 Å². The van der Waals surface area contributed by atoms with Gasteiger partial charge in [-0.15, -0.1) is 0 Å². The molecule has 1 atom stereocenters. The molecule has 4 N–H and O–H groups in total. The molecule has 0 bridgehead atoms. The van der Waals surface area contributed by atoms with Gasteiger partial charge in [-0.1, -0.05) is 84.9 Å². The van der Waals surface area contributed by atoms with Gasteiger partial charge in [0.25, 0.3) is 5.91 Å². The number of hydroxylamine groups is 1. The fraction of sp³-hybridized carbons (Fsp3) is 0.115. The Bertz CT molecular complexity index is 1190. The molecule has 33 heavy (non-hydrogen) atoms. The second kappa shape index (κ2) is 10.5. The van der Waals surface area contributed by atoms with Gasteiger partial charge in [0, 0.05) is 5.39 Å². The molecule has 0 aliphatic rings. The van der Waals surface area contributed by atoms with Crippen molar-refractivity contribution in [3.8, 4) is 0 Å². The lowest BCUT2D eigenvalue weighted by atomic mass is 9.98. The van der Waals surface area contributed by atoms with Gasteiger partial charge < -0.3 is 5.32 Å². The molecule has 7 heteroatoms. The SMILES string of the molecule is O=C(CNC(C(=O)NC(c1ccccc1)c1ccccc1)c1ccc2ccccc2n1)NO. The van der Waals surface area contributed by atoms with Gasteiger partial charge >= 0.3 is 0 Å². The molecule has 0 saturated carbocycles. The van der Waals surface area contributed by atoms with Crippen molar-refractivity contribution in [1.29, 1.82) is 0 Å². The van der Waals surface area contributed by atoms with Crippen molar-refractivity contribution >= 4 is 22.7 Å². The highest BCUT2D eigenvalue weighted by atomic mass is 16.5. The van der Waals surface area contributed by atoms with Crippen LogP contribution >= 0.6 is 0 Å². The van der Waals surface area contributed by atoms with E-state index in [1.54, 1.807) is 11.5 Å². The van der Waals surface area contributed by atoms with Crippen LogP contribution in [-0.4, -0.2) is 28.6 Å². The lowest BCUT2D eigenvalue weighted by molar-refractivity contribution is -0.129. The van der Waals surface area contributed by atoms with E-state index < -0.39 is 18.0 Å². The van der Waals surface area contributed by atoms with Gasteiger partial charge in [-0.2, -0.15) is 0 Å². The number of hydrogen-bond donors (Lipinski definition) is 4. The molecular weight excluding hydrogens is 416 g/mol. The van der Waals surface area contributed by atoms with E-state index in [0.717, 1.165) is 22.0 Å². The lowest BCUT2D eigenvalue weighted by Crippen LogP contribution is -2.43. The fourth-order valence-electron chi connectivity index (χ4n) is 3.68. The number of carbonyl (C=O) groups is 2. The van der Waals surface area contributed by atoms with Gasteiger partial charge in [-0.3, -0.25) is 25.1 Å². The second-order valence-electron chi connectivity index (χ2n) is 7.54. The van der Waals surface area contributed by atoms with Crippen LogP contribution in [0.3, 0.4) is 0 Å². The van der Waals surface area contributed by atoms with Crippen LogP contribution in [0, 0.1) is 0 Å². The van der Waals surface area contributed by atoms with E-state index in [1.807, 2.05) is 91.0 Å². The molecule has 7 nitrogen and oxygen atoms in total. The highest BCUT2D eigenvalue weighted by Gasteiger charge is 2.26. The van der Waals surface area contributed by atoms with Crippen LogP contribution in [0.1, 0.15) is 28.9 Å². The van der Waals surface area contributed by atoms with Gasteiger partial charge in [-0.05, 0) is 23.3 Å². The number of pyridine rings is 1. The molecular formula is C26H24N4O3. The number of hydrogen-bond acceptors (Lipinski definition) is 5. The van der Waals surface area contributed by atoms with E-state index in [2.05, 4.69) is 15.6 Å². The zero-order chi connectivity index (χ0) is 23.0. The zero-order valence-corrected chi connectivity index (χ0v) is 17.8. The third kappa shape index (κ3) is 5.41. The maximum atomic E-state index is 13.5. The number of fused-ring (bicyclic) bond motifs is 1. The van der Waals surface area contributed by atoms with Crippen LogP contribution in [0.2, 0.25) is 0 Å². The summed E-state index contributed by atoms with van der Waals surface area (Å²) in [5, 5.41) is 15.8. The molecule has 0 spiro atoms. The van der Waals surface area contributed by atoms with E-state index in [0.29, 0.717) is 5.69 Å². The topological polar surface area (TPSA) is 103 Å². The molecule has 0 aliphatic heterocycles. The Morgan fingerprint density at radius 1 is 0.788 bits per heavy atom. The molecule has 1 aromatic heterocycles. The van der Waals surface area contributed by atoms with Crippen molar-refractivity contribution in [2.24, 2.45) is 0 Å². The highest BCUT2D eigenvalue weighted by molar-refractivity contribution is 5.86. The predicted octanol–water partition coefficient (Wildman–Crippen LogP) is 3.28. The van der Waals surface area contributed by atoms with Crippen molar-refractivity contribution in [3.05, 3.63) is 114 Å². The van der Waals surface area contributed by atoms with E-state index in [1.165, 1.54) is 0 Å². The summed E-state index contributed by atoms with van der Waals surface area (Å²) in [6.07, 6.45) is 0. The predicted molar refractivity (Wildman–Crippen MR) is 125 cm³/mol. The van der Waals surface area contributed by atoms with Crippen molar-refractivity contribution < 1.29 is 14.8 Å². The third-order valence-corrected chi connectivity index (χ3v) is 5.32. The molecule has 0 aliphatic carbocycles. The standard InChI is InChI=1S/C26H24N4O3/c31-23(30-33)17-27-25(22-16-15-18-9-7-8-14-21(18)28-22)26(32)29-24(19-10-3-1-4-11-19)20-12-5-2-6-13-20/h1-16,24-25,27,33H,17H2,(H,29,32)(H,30,31). The number of rotatable bonds is 8. The van der Waals surface area contributed by atoms with Crippen LogP contribution in [0.4, 0.5) is 0 Å². The van der Waals surface area contributed by atoms with Gasteiger partial charge in [0.2, 0.25) is 5.91 Å². The largest absolute Gasteiger partial charge is 0.343 e. The third-order valence-electron chi connectivity index (χ3n) is 5.32. The van der Waals surface area contributed by atoms with Crippen molar-refractivity contribution in [2.75, 3.05) is 6.54 Å². The number of aromatic nitrogens is 1. The van der Waals surface area contributed by atoms with Crippen LogP contribution in [-0.2, 0) is 9.59 Å². The summed E-state index contributed by atoms with van der Waals surface area (Å²) in [6, 6.07) is 29.3. The van der Waals surface area contributed by atoms with E-state index >= 15 is 0 Å². The second-order valence-corrected chi connectivity index (χ2v) is 7.54. The molecule has 0 saturated heterocycles. The lowest BCUT2D eigenvalue weighted by Gasteiger charge is -2.24. The minimum absolute atomic E-state index is 0.259. The first-order valence-electron chi connectivity index (χ1n) is 10.6. The van der Waals surface area contributed by atoms with Gasteiger partial charge in [-0.25, -0.2) is 5.48 Å². The normalized spacial score (nSPS) is 11.8. The summed E-state index contributed by atoms with van der Waals surface area (Å²) >= 11 is 0. The van der Waals surface area contributed by atoms with Crippen molar-refractivity contribution in [1.82, 2.24) is 21.1 Å². The Labute approximate surface area is 191 Å². The highest BCUT2D eigenvalue weighted by Crippen LogP contribution is 2.24. The number of nitrogens with zero attached hydrogens (tertiary/aromatic N) is 1. The Hall–Kier alpha value is -4.07. The van der Waals surface area contributed by atoms with Crippen LogP contribution in [0.5, 0.6) is 0 Å². The summed E-state index contributed by atoms with van der Waals surface area (Å²) in [5.41, 5.74) is 4.64. The molecule has 4 rings (SSSR count). The molecule has 166 valence electrons. The first-order chi connectivity index (χ1) is 16.2. The Kier molecular flexibility index (Phi) is 7.04. The van der Waals surface area contributed by atoms with E-state index in [9.17, 15) is 9.59 Å². The van der Waals surface area contributed by atoms with E-state index in [-0.39, 0.29) is 12.5 Å². The number of para-hydroxylation sites is 1. The summed E-state index contributed by atoms with van der Waals surface area (Å²) < 4.78 is 0. The average Bonchev–Trinajstić information content (AvgIpc) is 2.88. The average molecular weight is 441 g/mol. The quantitative estimate of drug-likeness (QED) is 0.249. The number of amides is 2. The first-order valence-corrected chi connectivity index (χ1v) is 10.6. The van der Waals surface area contributed by atoms with Crippen LogP contribution in [0.15, 0.2) is 97.1 Å². The fourth-order valence-corrected chi connectivity index (χ4v) is 3.68. The molecule has 0 fully saturated rings. The molecule has 0 radical (unpaired) electrons. The Morgan fingerprint density at radius 2 is 1.39 bits per heavy atom. The van der Waals surface area contributed by atoms with Gasteiger partial charge in [0.15, 0.2) is 0 Å². The molecule has 1 unspecified atom stereocenters. The zero-order valence-electron chi connectivity index (χ0n) is 17.8. The smallest absolute Gasteiger partial charge is 0.257 e. The summed E-state index contributed by atoms with van der Waals surface area (Å²) in [4.78, 5) is 29.8. The van der Waals surface area contributed by atoms with E-state index in [4.69, 9.17) is 5.21 Å². The number of benzene rings is 3.